The van der Waals surface area contributed by atoms with Gasteiger partial charge in [0.05, 0.1) is 11.5 Å². The molecule has 1 heterocycles. The maximum atomic E-state index is 11.4. The molecular formula is C13H20BNO5S. The number of sulfone groups is 1. The smallest absolute Gasteiger partial charge is 0.488 e. The molecular weight excluding hydrogens is 293 g/mol. The van der Waals surface area contributed by atoms with E-state index < -0.39 is 17.0 Å². The van der Waals surface area contributed by atoms with E-state index >= 15 is 0 Å². The second-order valence-corrected chi connectivity index (χ2v) is 7.56. The Hall–Kier alpha value is -1.09. The van der Waals surface area contributed by atoms with Gasteiger partial charge in [-0.3, -0.25) is 4.90 Å². The lowest BCUT2D eigenvalue weighted by molar-refractivity contribution is 0.202. The zero-order chi connectivity index (χ0) is 15.5. The second kappa shape index (κ2) is 6.78. The van der Waals surface area contributed by atoms with Crippen molar-refractivity contribution in [1.82, 2.24) is 4.90 Å². The zero-order valence-corrected chi connectivity index (χ0v) is 12.8. The van der Waals surface area contributed by atoms with Gasteiger partial charge in [0, 0.05) is 12.6 Å². The quantitative estimate of drug-likeness (QED) is 0.646. The van der Waals surface area contributed by atoms with Gasteiger partial charge in [0.15, 0.2) is 9.84 Å². The molecule has 1 saturated heterocycles. The Kier molecular flexibility index (Phi) is 5.26. The summed E-state index contributed by atoms with van der Waals surface area (Å²) in [5.41, 5.74) is 0.413. The lowest BCUT2D eigenvalue weighted by Crippen LogP contribution is -2.35. The van der Waals surface area contributed by atoms with Crippen molar-refractivity contribution in [2.45, 2.75) is 12.5 Å². The van der Waals surface area contributed by atoms with Crippen LogP contribution in [0.3, 0.4) is 0 Å². The van der Waals surface area contributed by atoms with Crippen LogP contribution in [-0.4, -0.2) is 68.2 Å². The van der Waals surface area contributed by atoms with E-state index in [1.54, 1.807) is 24.3 Å². The van der Waals surface area contributed by atoms with E-state index in [0.29, 0.717) is 30.8 Å². The van der Waals surface area contributed by atoms with Crippen molar-refractivity contribution in [2.24, 2.45) is 0 Å². The molecule has 2 N–H and O–H groups in total. The third kappa shape index (κ3) is 4.71. The van der Waals surface area contributed by atoms with Crippen LogP contribution in [0, 0.1) is 0 Å². The monoisotopic (exact) mass is 313 g/mol. The van der Waals surface area contributed by atoms with E-state index in [-0.39, 0.29) is 17.5 Å². The van der Waals surface area contributed by atoms with Crippen molar-refractivity contribution in [3.63, 3.8) is 0 Å². The minimum Gasteiger partial charge on any atom is -0.492 e. The number of nitrogens with zero attached hydrogens (tertiary/aromatic N) is 1. The van der Waals surface area contributed by atoms with Crippen molar-refractivity contribution in [3.8, 4) is 5.75 Å². The molecule has 0 aromatic heterocycles. The fraction of sp³-hybridized carbons (Fsp3) is 0.538. The van der Waals surface area contributed by atoms with Gasteiger partial charge in [-0.1, -0.05) is 12.1 Å². The number of benzene rings is 1. The van der Waals surface area contributed by atoms with Gasteiger partial charge in [-0.2, -0.15) is 0 Å². The molecule has 1 aromatic rings. The molecule has 1 atom stereocenters. The average molecular weight is 313 g/mol. The number of likely N-dealkylation sites (N-methyl/N-ethyl adjacent to an activating group) is 1. The van der Waals surface area contributed by atoms with E-state index in [2.05, 4.69) is 0 Å². The van der Waals surface area contributed by atoms with Gasteiger partial charge in [-0.15, -0.1) is 0 Å². The van der Waals surface area contributed by atoms with E-state index in [4.69, 9.17) is 14.8 Å². The standard InChI is InChI=1S/C13H20BNO5S/c1-15(12-6-9-21(18,19)10-12)7-8-20-13-4-2-11(3-5-13)14(16)17/h2-5,12,16-17H,6-10H2,1H3. The summed E-state index contributed by atoms with van der Waals surface area (Å²) in [6, 6.07) is 6.61. The Morgan fingerprint density at radius 1 is 1.33 bits per heavy atom. The summed E-state index contributed by atoms with van der Waals surface area (Å²) in [6.07, 6.45) is 0.682. The molecule has 1 aliphatic heterocycles. The average Bonchev–Trinajstić information content (AvgIpc) is 2.79. The third-order valence-corrected chi connectivity index (χ3v) is 5.47. The van der Waals surface area contributed by atoms with Crippen molar-refractivity contribution < 1.29 is 23.2 Å². The Labute approximate surface area is 125 Å². The molecule has 8 heteroatoms. The largest absolute Gasteiger partial charge is 0.492 e. The van der Waals surface area contributed by atoms with E-state index in [0.717, 1.165) is 0 Å². The SMILES string of the molecule is CN(CCOc1ccc(B(O)O)cc1)C1CCS(=O)(=O)C1. The molecule has 1 aromatic carbocycles. The minimum atomic E-state index is -2.86. The highest BCUT2D eigenvalue weighted by atomic mass is 32.2. The summed E-state index contributed by atoms with van der Waals surface area (Å²) in [5.74, 6) is 1.15. The first-order valence-corrected chi connectivity index (χ1v) is 8.69. The fourth-order valence-electron chi connectivity index (χ4n) is 2.35. The fourth-order valence-corrected chi connectivity index (χ4v) is 4.15. The van der Waals surface area contributed by atoms with Crippen LogP contribution in [0.5, 0.6) is 5.75 Å². The van der Waals surface area contributed by atoms with Crippen LogP contribution in [-0.2, 0) is 9.84 Å². The van der Waals surface area contributed by atoms with Crippen LogP contribution in [0.25, 0.3) is 0 Å². The highest BCUT2D eigenvalue weighted by Gasteiger charge is 2.30. The first kappa shape index (κ1) is 16.3. The van der Waals surface area contributed by atoms with Crippen LogP contribution < -0.4 is 10.2 Å². The first-order valence-electron chi connectivity index (χ1n) is 6.87. The second-order valence-electron chi connectivity index (χ2n) is 5.33. The molecule has 1 aliphatic rings. The summed E-state index contributed by atoms with van der Waals surface area (Å²) >= 11 is 0. The van der Waals surface area contributed by atoms with Gasteiger partial charge in [-0.25, -0.2) is 8.42 Å². The predicted octanol–water partition coefficient (Wildman–Crippen LogP) is -1.14. The van der Waals surface area contributed by atoms with Crippen molar-refractivity contribution in [2.75, 3.05) is 31.7 Å². The predicted molar refractivity (Wildman–Crippen MR) is 81.5 cm³/mol. The summed E-state index contributed by atoms with van der Waals surface area (Å²) in [4.78, 5) is 2.01. The van der Waals surface area contributed by atoms with Gasteiger partial charge in [-0.05, 0) is 31.1 Å². The van der Waals surface area contributed by atoms with Gasteiger partial charge in [0.1, 0.15) is 12.4 Å². The van der Waals surface area contributed by atoms with Crippen LogP contribution in [0.4, 0.5) is 0 Å². The number of hydrogen-bond acceptors (Lipinski definition) is 6. The zero-order valence-electron chi connectivity index (χ0n) is 12.0. The summed E-state index contributed by atoms with van der Waals surface area (Å²) in [7, 11) is -2.43. The molecule has 0 spiro atoms. The van der Waals surface area contributed by atoms with Crippen LogP contribution in [0.2, 0.25) is 0 Å². The van der Waals surface area contributed by atoms with Crippen molar-refractivity contribution >= 4 is 22.4 Å². The molecule has 2 rings (SSSR count). The molecule has 6 nitrogen and oxygen atoms in total. The van der Waals surface area contributed by atoms with Gasteiger partial charge < -0.3 is 14.8 Å². The molecule has 0 radical (unpaired) electrons. The molecule has 1 fully saturated rings. The number of hydrogen-bond donors (Lipinski definition) is 2. The lowest BCUT2D eigenvalue weighted by atomic mass is 9.80. The van der Waals surface area contributed by atoms with E-state index in [1.807, 2.05) is 11.9 Å². The number of rotatable bonds is 6. The van der Waals surface area contributed by atoms with Crippen LogP contribution >= 0.6 is 0 Å². The Morgan fingerprint density at radius 2 is 2.00 bits per heavy atom. The highest BCUT2D eigenvalue weighted by Crippen LogP contribution is 2.16. The first-order chi connectivity index (χ1) is 9.87. The molecule has 0 saturated carbocycles. The normalized spacial score (nSPS) is 20.7. The van der Waals surface area contributed by atoms with Crippen LogP contribution in [0.1, 0.15) is 6.42 Å². The van der Waals surface area contributed by atoms with Gasteiger partial charge >= 0.3 is 7.12 Å². The molecule has 21 heavy (non-hydrogen) atoms. The van der Waals surface area contributed by atoms with Gasteiger partial charge in [0.2, 0.25) is 0 Å². The molecule has 0 aliphatic carbocycles. The van der Waals surface area contributed by atoms with E-state index in [1.165, 1.54) is 0 Å². The molecule has 0 bridgehead atoms. The number of ether oxygens (including phenoxy) is 1. The topological polar surface area (TPSA) is 87.1 Å². The Morgan fingerprint density at radius 3 is 2.52 bits per heavy atom. The van der Waals surface area contributed by atoms with Gasteiger partial charge in [0.25, 0.3) is 0 Å². The summed E-state index contributed by atoms with van der Waals surface area (Å²) in [6.45, 7) is 1.10. The third-order valence-electron chi connectivity index (χ3n) is 3.72. The molecule has 0 amide bonds. The maximum absolute atomic E-state index is 11.4. The summed E-state index contributed by atoms with van der Waals surface area (Å²) < 4.78 is 28.4. The Bertz CT molecular complexity index is 560. The van der Waals surface area contributed by atoms with Crippen molar-refractivity contribution in [1.29, 1.82) is 0 Å². The maximum Gasteiger partial charge on any atom is 0.488 e. The minimum absolute atomic E-state index is 0.0745. The lowest BCUT2D eigenvalue weighted by Gasteiger charge is -2.22. The van der Waals surface area contributed by atoms with Crippen LogP contribution in [0.15, 0.2) is 24.3 Å². The Balaban J connectivity index is 1.76. The molecule has 116 valence electrons. The summed E-state index contributed by atoms with van der Waals surface area (Å²) in [5, 5.41) is 18.0. The van der Waals surface area contributed by atoms with Crippen molar-refractivity contribution in [3.05, 3.63) is 24.3 Å². The van der Waals surface area contributed by atoms with E-state index in [9.17, 15) is 8.42 Å². The molecule has 1 unspecified atom stereocenters. The highest BCUT2D eigenvalue weighted by molar-refractivity contribution is 7.91.